The molecule has 0 radical (unpaired) electrons. The Labute approximate surface area is 125 Å². The van der Waals surface area contributed by atoms with E-state index >= 15 is 0 Å². The molecule has 0 atom stereocenters. The number of para-hydroxylation sites is 1. The van der Waals surface area contributed by atoms with Gasteiger partial charge in [-0.25, -0.2) is 19.7 Å². The molecule has 0 bridgehead atoms. The Morgan fingerprint density at radius 2 is 2.00 bits per heavy atom. The summed E-state index contributed by atoms with van der Waals surface area (Å²) < 4.78 is 1.80. The molecule has 0 aliphatic carbocycles. The number of hydrogen-bond acceptors (Lipinski definition) is 3. The van der Waals surface area contributed by atoms with Gasteiger partial charge in [0.1, 0.15) is 23.7 Å². The number of imidazole rings is 1. The Kier molecular flexibility index (Phi) is 3.45. The average Bonchev–Trinajstić information content (AvgIpc) is 2.92. The Morgan fingerprint density at radius 3 is 2.67 bits per heavy atom. The number of alkyl halides is 1. The number of nitrogens with zero attached hydrogens (tertiary/aromatic N) is 4. The van der Waals surface area contributed by atoms with Crippen LogP contribution in [-0.4, -0.2) is 31.7 Å². The molecule has 1 N–H and O–H groups in total. The van der Waals surface area contributed by atoms with Crippen molar-refractivity contribution in [3.05, 3.63) is 48.8 Å². The molecule has 6 nitrogen and oxygen atoms in total. The Hall–Kier alpha value is -2.60. The van der Waals surface area contributed by atoms with E-state index in [4.69, 9.17) is 16.7 Å². The molecule has 2 aromatic heterocycles. The molecule has 0 spiro atoms. The molecular weight excluding hydrogens is 292 g/mol. The van der Waals surface area contributed by atoms with Gasteiger partial charge in [-0.05, 0) is 24.3 Å². The summed E-state index contributed by atoms with van der Waals surface area (Å²) in [5.41, 5.74) is 2.16. The largest absolute Gasteiger partial charge is 0.465 e. The Morgan fingerprint density at radius 1 is 1.24 bits per heavy atom. The maximum atomic E-state index is 11.1. The maximum Gasteiger partial charge on any atom is 0.414 e. The van der Waals surface area contributed by atoms with Crippen molar-refractivity contribution < 1.29 is 9.90 Å². The lowest BCUT2D eigenvalue weighted by atomic mass is 10.3. The van der Waals surface area contributed by atoms with E-state index < -0.39 is 6.09 Å². The molecule has 2 heterocycles. The summed E-state index contributed by atoms with van der Waals surface area (Å²) in [5.74, 6) is 0.266. The summed E-state index contributed by atoms with van der Waals surface area (Å²) in [7, 11) is 0. The van der Waals surface area contributed by atoms with Crippen LogP contribution in [0.4, 0.5) is 10.6 Å². The standard InChI is InChI=1S/C14H11ClN4O2/c15-8-18(14(20)21)12-7-6-11-13(17-12)19(9-16-11)10-4-2-1-3-5-10/h1-7,9H,8H2,(H,20,21). The van der Waals surface area contributed by atoms with Crippen LogP contribution in [0.15, 0.2) is 48.8 Å². The molecule has 21 heavy (non-hydrogen) atoms. The molecule has 3 aromatic rings. The summed E-state index contributed by atoms with van der Waals surface area (Å²) in [6.45, 7) is 0. The van der Waals surface area contributed by atoms with Crippen LogP contribution in [0.2, 0.25) is 0 Å². The van der Waals surface area contributed by atoms with E-state index in [1.54, 1.807) is 23.0 Å². The van der Waals surface area contributed by atoms with E-state index in [0.29, 0.717) is 11.2 Å². The van der Waals surface area contributed by atoms with Crippen molar-refractivity contribution in [1.82, 2.24) is 14.5 Å². The van der Waals surface area contributed by atoms with Gasteiger partial charge in [-0.15, -0.1) is 11.6 Å². The molecule has 1 aromatic carbocycles. The van der Waals surface area contributed by atoms with Crippen molar-refractivity contribution >= 4 is 34.7 Å². The number of hydrogen-bond donors (Lipinski definition) is 1. The fraction of sp³-hybridized carbons (Fsp3) is 0.0714. The van der Waals surface area contributed by atoms with E-state index in [1.807, 2.05) is 30.3 Å². The molecule has 0 unspecified atom stereocenters. The molecule has 1 amide bonds. The number of carbonyl (C=O) groups is 1. The van der Waals surface area contributed by atoms with Gasteiger partial charge in [0.05, 0.1) is 0 Å². The SMILES string of the molecule is O=C(O)N(CCl)c1ccc2ncn(-c3ccccc3)c2n1. The smallest absolute Gasteiger partial charge is 0.414 e. The molecule has 7 heteroatoms. The highest BCUT2D eigenvalue weighted by Crippen LogP contribution is 2.20. The minimum atomic E-state index is -1.15. The minimum Gasteiger partial charge on any atom is -0.465 e. The van der Waals surface area contributed by atoms with Crippen molar-refractivity contribution in [2.24, 2.45) is 0 Å². The highest BCUT2D eigenvalue weighted by molar-refractivity contribution is 6.20. The fourth-order valence-electron chi connectivity index (χ4n) is 2.02. The molecular formula is C14H11ClN4O2. The van der Waals surface area contributed by atoms with Crippen LogP contribution >= 0.6 is 11.6 Å². The van der Waals surface area contributed by atoms with E-state index in [2.05, 4.69) is 9.97 Å². The molecule has 3 rings (SSSR count). The van der Waals surface area contributed by atoms with Gasteiger partial charge in [0.15, 0.2) is 5.65 Å². The van der Waals surface area contributed by atoms with Crippen LogP contribution in [0.1, 0.15) is 0 Å². The van der Waals surface area contributed by atoms with Crippen molar-refractivity contribution in [3.63, 3.8) is 0 Å². The first-order chi connectivity index (χ1) is 10.2. The molecule has 0 saturated heterocycles. The predicted octanol–water partition coefficient (Wildman–Crippen LogP) is 3.10. The van der Waals surface area contributed by atoms with Crippen molar-refractivity contribution in [3.8, 4) is 5.69 Å². The zero-order chi connectivity index (χ0) is 14.8. The number of fused-ring (bicyclic) bond motifs is 1. The maximum absolute atomic E-state index is 11.1. The van der Waals surface area contributed by atoms with E-state index in [0.717, 1.165) is 10.6 Å². The van der Waals surface area contributed by atoms with Crippen LogP contribution in [0.3, 0.4) is 0 Å². The van der Waals surface area contributed by atoms with E-state index in [9.17, 15) is 4.79 Å². The summed E-state index contributed by atoms with van der Waals surface area (Å²) in [6, 6.07) is 12.7. The average molecular weight is 303 g/mol. The van der Waals surface area contributed by atoms with Crippen molar-refractivity contribution in [2.75, 3.05) is 10.9 Å². The molecule has 0 aliphatic rings. The van der Waals surface area contributed by atoms with Crippen molar-refractivity contribution in [2.45, 2.75) is 0 Å². The minimum absolute atomic E-state index is 0.187. The third-order valence-corrected chi connectivity index (χ3v) is 3.28. The topological polar surface area (TPSA) is 71.2 Å². The zero-order valence-corrected chi connectivity index (χ0v) is 11.6. The van der Waals surface area contributed by atoms with Crippen LogP contribution < -0.4 is 4.90 Å². The van der Waals surface area contributed by atoms with Crippen LogP contribution in [0.25, 0.3) is 16.9 Å². The summed E-state index contributed by atoms with van der Waals surface area (Å²) in [4.78, 5) is 20.7. The predicted molar refractivity (Wildman–Crippen MR) is 80.1 cm³/mol. The monoisotopic (exact) mass is 302 g/mol. The van der Waals surface area contributed by atoms with E-state index in [1.165, 1.54) is 0 Å². The number of anilines is 1. The van der Waals surface area contributed by atoms with Gasteiger partial charge in [0.25, 0.3) is 0 Å². The lowest BCUT2D eigenvalue weighted by Gasteiger charge is -2.14. The Bertz CT molecular complexity index is 788. The lowest BCUT2D eigenvalue weighted by Crippen LogP contribution is -2.28. The van der Waals surface area contributed by atoms with Gasteiger partial charge in [0.2, 0.25) is 0 Å². The first-order valence-corrected chi connectivity index (χ1v) is 6.70. The summed E-state index contributed by atoms with van der Waals surface area (Å²) in [5, 5.41) is 9.11. The Balaban J connectivity index is 2.14. The number of benzene rings is 1. The number of halogens is 1. The van der Waals surface area contributed by atoms with Crippen molar-refractivity contribution in [1.29, 1.82) is 0 Å². The van der Waals surface area contributed by atoms with Gasteiger partial charge < -0.3 is 5.11 Å². The third kappa shape index (κ3) is 2.41. The fourth-order valence-corrected chi connectivity index (χ4v) is 2.25. The number of pyridine rings is 1. The number of carboxylic acid groups (broad SMARTS) is 1. The lowest BCUT2D eigenvalue weighted by molar-refractivity contribution is 0.203. The van der Waals surface area contributed by atoms with Crippen LogP contribution in [0.5, 0.6) is 0 Å². The van der Waals surface area contributed by atoms with Gasteiger partial charge in [-0.2, -0.15) is 0 Å². The molecule has 106 valence electrons. The molecule has 0 fully saturated rings. The normalized spacial score (nSPS) is 10.7. The highest BCUT2D eigenvalue weighted by atomic mass is 35.5. The number of amides is 1. The zero-order valence-electron chi connectivity index (χ0n) is 10.8. The second kappa shape index (κ2) is 5.41. The first-order valence-electron chi connectivity index (χ1n) is 6.16. The molecule has 0 aliphatic heterocycles. The molecule has 0 saturated carbocycles. The van der Waals surface area contributed by atoms with Gasteiger partial charge in [-0.3, -0.25) is 4.57 Å². The summed E-state index contributed by atoms with van der Waals surface area (Å²) in [6.07, 6.45) is 0.505. The summed E-state index contributed by atoms with van der Waals surface area (Å²) >= 11 is 5.66. The van der Waals surface area contributed by atoms with Gasteiger partial charge >= 0.3 is 6.09 Å². The quantitative estimate of drug-likeness (QED) is 0.596. The first kappa shape index (κ1) is 13.4. The number of rotatable bonds is 3. The highest BCUT2D eigenvalue weighted by Gasteiger charge is 2.16. The third-order valence-electron chi connectivity index (χ3n) is 3.04. The second-order valence-electron chi connectivity index (χ2n) is 4.29. The van der Waals surface area contributed by atoms with Gasteiger partial charge in [-0.1, -0.05) is 18.2 Å². The van der Waals surface area contributed by atoms with E-state index in [-0.39, 0.29) is 11.8 Å². The van der Waals surface area contributed by atoms with Crippen LogP contribution in [0, 0.1) is 0 Å². The van der Waals surface area contributed by atoms with Gasteiger partial charge in [0, 0.05) is 5.69 Å². The second-order valence-corrected chi connectivity index (χ2v) is 4.53. The van der Waals surface area contributed by atoms with Crippen LogP contribution in [-0.2, 0) is 0 Å². The number of aromatic nitrogens is 3.